The zero-order valence-electron chi connectivity index (χ0n) is 17.5. The van der Waals surface area contributed by atoms with Crippen LogP contribution in [0.3, 0.4) is 0 Å². The van der Waals surface area contributed by atoms with Gasteiger partial charge in [0.1, 0.15) is 5.82 Å². The molecule has 30 heavy (non-hydrogen) atoms. The number of piperazine rings is 1. The van der Waals surface area contributed by atoms with Crippen LogP contribution in [0.5, 0.6) is 0 Å². The predicted molar refractivity (Wildman–Crippen MR) is 121 cm³/mol. The van der Waals surface area contributed by atoms with Crippen molar-refractivity contribution in [1.29, 1.82) is 0 Å². The number of aliphatic imine (C=N–C) groups is 1. The molecule has 2 saturated heterocycles. The maximum absolute atomic E-state index is 14.1. The van der Waals surface area contributed by atoms with E-state index in [4.69, 9.17) is 4.74 Å². The molecule has 8 heteroatoms. The van der Waals surface area contributed by atoms with Gasteiger partial charge in [-0.25, -0.2) is 4.39 Å². The second kappa shape index (κ2) is 10.2. The minimum Gasteiger partial charge on any atom is -0.379 e. The smallest absolute Gasteiger partial charge is 0.193 e. The summed E-state index contributed by atoms with van der Waals surface area (Å²) >= 11 is 1.80. The first-order chi connectivity index (χ1) is 14.8. The zero-order chi connectivity index (χ0) is 20.8. The summed E-state index contributed by atoms with van der Waals surface area (Å²) in [4.78, 5) is 12.8. The number of ether oxygens (including phenoxy) is 1. The first-order valence-corrected chi connectivity index (χ1v) is 11.4. The molecule has 162 valence electrons. The average molecular weight is 432 g/mol. The Labute approximate surface area is 182 Å². The summed E-state index contributed by atoms with van der Waals surface area (Å²) < 4.78 is 19.7. The highest BCUT2D eigenvalue weighted by molar-refractivity contribution is 7.10. The molecule has 1 aromatic heterocycles. The molecule has 1 atom stereocenters. The molecule has 6 nitrogen and oxygen atoms in total. The number of rotatable bonds is 5. The molecular weight excluding hydrogens is 401 g/mol. The minimum atomic E-state index is -0.155. The number of guanidine groups is 1. The molecule has 2 aromatic rings. The predicted octanol–water partition coefficient (Wildman–Crippen LogP) is 2.66. The normalized spacial score (nSPS) is 19.7. The molecular formula is C22H30FN5OS. The number of nitrogens with one attached hydrogen (secondary N) is 1. The Morgan fingerprint density at radius 3 is 2.53 bits per heavy atom. The highest BCUT2D eigenvalue weighted by Gasteiger charge is 2.26. The van der Waals surface area contributed by atoms with Crippen LogP contribution in [0, 0.1) is 5.82 Å². The Morgan fingerprint density at radius 2 is 1.87 bits per heavy atom. The number of benzene rings is 1. The third-order valence-electron chi connectivity index (χ3n) is 5.80. The zero-order valence-corrected chi connectivity index (χ0v) is 18.3. The maximum atomic E-state index is 14.1. The molecule has 0 bridgehead atoms. The van der Waals surface area contributed by atoms with Crippen LogP contribution >= 0.6 is 11.3 Å². The fraction of sp³-hybridized carbons (Fsp3) is 0.500. The van der Waals surface area contributed by atoms with Gasteiger partial charge in [0.15, 0.2) is 5.96 Å². The SMILES string of the molecule is CN=C(NCC(c1cccs1)N1CCOCC1)N1CCN(c2ccccc2F)CC1. The van der Waals surface area contributed by atoms with Gasteiger partial charge in [0.05, 0.1) is 24.9 Å². The van der Waals surface area contributed by atoms with E-state index in [1.165, 1.54) is 10.9 Å². The number of thiophene rings is 1. The van der Waals surface area contributed by atoms with E-state index in [2.05, 4.69) is 42.5 Å². The van der Waals surface area contributed by atoms with Crippen LogP contribution < -0.4 is 10.2 Å². The van der Waals surface area contributed by atoms with Crippen LogP contribution in [0.1, 0.15) is 10.9 Å². The van der Waals surface area contributed by atoms with E-state index >= 15 is 0 Å². The van der Waals surface area contributed by atoms with Crippen molar-refractivity contribution in [3.8, 4) is 0 Å². The molecule has 2 fully saturated rings. The van der Waals surface area contributed by atoms with Crippen molar-refractivity contribution in [2.24, 2.45) is 4.99 Å². The molecule has 2 aliphatic heterocycles. The summed E-state index contributed by atoms with van der Waals surface area (Å²) in [5.74, 6) is 0.760. The lowest BCUT2D eigenvalue weighted by molar-refractivity contribution is 0.0176. The number of morpholine rings is 1. The molecule has 1 N–H and O–H groups in total. The van der Waals surface area contributed by atoms with Crippen LogP contribution in [-0.2, 0) is 4.74 Å². The number of para-hydroxylation sites is 1. The lowest BCUT2D eigenvalue weighted by Crippen LogP contribution is -2.54. The van der Waals surface area contributed by atoms with E-state index in [1.807, 2.05) is 19.2 Å². The third-order valence-corrected chi connectivity index (χ3v) is 6.77. The maximum Gasteiger partial charge on any atom is 0.193 e. The largest absolute Gasteiger partial charge is 0.379 e. The minimum absolute atomic E-state index is 0.155. The standard InChI is InChI=1S/C22H30FN5OS/c1-24-22(28-10-8-26(9-11-28)19-6-3-2-5-18(19)23)25-17-20(21-7-4-16-30-21)27-12-14-29-15-13-27/h2-7,16,20H,8-15,17H2,1H3,(H,24,25). The van der Waals surface area contributed by atoms with E-state index in [9.17, 15) is 4.39 Å². The van der Waals surface area contributed by atoms with Crippen LogP contribution in [0.25, 0.3) is 0 Å². The molecule has 2 aliphatic rings. The van der Waals surface area contributed by atoms with E-state index in [-0.39, 0.29) is 5.82 Å². The average Bonchev–Trinajstić information content (AvgIpc) is 3.33. The van der Waals surface area contributed by atoms with Crippen LogP contribution in [0.2, 0.25) is 0 Å². The first kappa shape index (κ1) is 21.1. The topological polar surface area (TPSA) is 43.3 Å². The van der Waals surface area contributed by atoms with E-state index in [0.717, 1.165) is 65.0 Å². The van der Waals surface area contributed by atoms with Crippen molar-refractivity contribution in [1.82, 2.24) is 15.1 Å². The van der Waals surface area contributed by atoms with Gasteiger partial charge < -0.3 is 19.9 Å². The van der Waals surface area contributed by atoms with Gasteiger partial charge >= 0.3 is 0 Å². The van der Waals surface area contributed by atoms with Gasteiger partial charge in [0.2, 0.25) is 0 Å². The number of nitrogens with zero attached hydrogens (tertiary/aromatic N) is 4. The van der Waals surface area contributed by atoms with Crippen LogP contribution in [0.4, 0.5) is 10.1 Å². The third kappa shape index (κ3) is 4.94. The quantitative estimate of drug-likeness (QED) is 0.583. The van der Waals surface area contributed by atoms with Crippen molar-refractivity contribution >= 4 is 23.0 Å². The summed E-state index contributed by atoms with van der Waals surface area (Å²) in [6.07, 6.45) is 0. The molecule has 1 aromatic carbocycles. The molecule has 0 amide bonds. The van der Waals surface area contributed by atoms with Gasteiger partial charge in [-0.3, -0.25) is 9.89 Å². The summed E-state index contributed by atoms with van der Waals surface area (Å²) in [6.45, 7) is 7.46. The Morgan fingerprint density at radius 1 is 1.10 bits per heavy atom. The lowest BCUT2D eigenvalue weighted by Gasteiger charge is -2.39. The van der Waals surface area contributed by atoms with Crippen molar-refractivity contribution in [3.63, 3.8) is 0 Å². The molecule has 1 unspecified atom stereocenters. The molecule has 0 radical (unpaired) electrons. The Bertz CT molecular complexity index is 817. The highest BCUT2D eigenvalue weighted by atomic mass is 32.1. The molecule has 4 rings (SSSR count). The van der Waals surface area contributed by atoms with Gasteiger partial charge in [-0.2, -0.15) is 0 Å². The number of hydrogen-bond donors (Lipinski definition) is 1. The number of anilines is 1. The van der Waals surface area contributed by atoms with Gasteiger partial charge in [0, 0.05) is 57.7 Å². The van der Waals surface area contributed by atoms with Crippen molar-refractivity contribution in [2.45, 2.75) is 6.04 Å². The first-order valence-electron chi connectivity index (χ1n) is 10.6. The highest BCUT2D eigenvalue weighted by Crippen LogP contribution is 2.25. The second-order valence-electron chi connectivity index (χ2n) is 7.53. The fourth-order valence-electron chi connectivity index (χ4n) is 4.17. The van der Waals surface area contributed by atoms with Crippen molar-refractivity contribution < 1.29 is 9.13 Å². The summed E-state index contributed by atoms with van der Waals surface area (Å²) in [5, 5.41) is 5.74. The molecule has 0 spiro atoms. The summed E-state index contributed by atoms with van der Waals surface area (Å²) in [6, 6.07) is 11.6. The Balaban J connectivity index is 1.35. The second-order valence-corrected chi connectivity index (χ2v) is 8.51. The van der Waals surface area contributed by atoms with Gasteiger partial charge in [0.25, 0.3) is 0 Å². The van der Waals surface area contributed by atoms with E-state index in [0.29, 0.717) is 11.7 Å². The molecule has 0 aliphatic carbocycles. The monoisotopic (exact) mass is 431 g/mol. The van der Waals surface area contributed by atoms with Gasteiger partial charge in [-0.05, 0) is 23.6 Å². The lowest BCUT2D eigenvalue weighted by atomic mass is 10.2. The Kier molecular flexibility index (Phi) is 7.20. The molecule has 0 saturated carbocycles. The van der Waals surface area contributed by atoms with Crippen LogP contribution in [0.15, 0.2) is 46.8 Å². The Hall–Kier alpha value is -2.16. The van der Waals surface area contributed by atoms with Gasteiger partial charge in [-0.15, -0.1) is 11.3 Å². The van der Waals surface area contributed by atoms with E-state index < -0.39 is 0 Å². The van der Waals surface area contributed by atoms with E-state index in [1.54, 1.807) is 17.4 Å². The van der Waals surface area contributed by atoms with Crippen molar-refractivity contribution in [2.75, 3.05) is 71.0 Å². The summed E-state index contributed by atoms with van der Waals surface area (Å²) in [5.41, 5.74) is 0.685. The number of halogens is 1. The van der Waals surface area contributed by atoms with Gasteiger partial charge in [-0.1, -0.05) is 18.2 Å². The number of hydrogen-bond acceptors (Lipinski definition) is 5. The summed E-state index contributed by atoms with van der Waals surface area (Å²) in [7, 11) is 1.83. The van der Waals surface area contributed by atoms with Crippen molar-refractivity contribution in [3.05, 3.63) is 52.5 Å². The fourth-order valence-corrected chi connectivity index (χ4v) is 5.03. The van der Waals surface area contributed by atoms with Crippen LogP contribution in [-0.4, -0.2) is 81.8 Å². The molecule has 3 heterocycles.